The van der Waals surface area contributed by atoms with Crippen LogP contribution in [0.25, 0.3) is 10.2 Å². The Bertz CT molecular complexity index is 1370. The van der Waals surface area contributed by atoms with Gasteiger partial charge in [-0.1, -0.05) is 53.5 Å². The molecule has 4 rings (SSSR count). The van der Waals surface area contributed by atoms with Gasteiger partial charge in [-0.2, -0.15) is 0 Å². The molecule has 1 N–H and O–H groups in total. The minimum Gasteiger partial charge on any atom is -0.323 e. The van der Waals surface area contributed by atoms with Crippen LogP contribution < -0.4 is 16.6 Å². The van der Waals surface area contributed by atoms with Crippen LogP contribution in [-0.4, -0.2) is 15.0 Å². The molecule has 0 aliphatic carbocycles. The van der Waals surface area contributed by atoms with E-state index in [9.17, 15) is 14.4 Å². The highest BCUT2D eigenvalue weighted by molar-refractivity contribution is 7.17. The number of nitrogens with one attached hydrogen (secondary N) is 1. The first-order valence-electron chi connectivity index (χ1n) is 8.94. The number of halogens is 2. The van der Waals surface area contributed by atoms with E-state index >= 15 is 0 Å². The smallest absolute Gasteiger partial charge is 0.323 e. The van der Waals surface area contributed by atoms with E-state index in [1.807, 2.05) is 0 Å². The topological polar surface area (TPSA) is 73.1 Å². The zero-order valence-electron chi connectivity index (χ0n) is 15.5. The zero-order valence-corrected chi connectivity index (χ0v) is 17.8. The molecule has 0 radical (unpaired) electrons. The number of hydrogen-bond acceptors (Lipinski definition) is 4. The van der Waals surface area contributed by atoms with Gasteiger partial charge in [-0.25, -0.2) is 4.79 Å². The molecule has 0 bridgehead atoms. The first-order valence-corrected chi connectivity index (χ1v) is 10.6. The Labute approximate surface area is 184 Å². The number of benzene rings is 2. The molecule has 0 fully saturated rings. The summed E-state index contributed by atoms with van der Waals surface area (Å²) in [4.78, 5) is 38.7. The summed E-state index contributed by atoms with van der Waals surface area (Å²) >= 11 is 13.5. The first kappa shape index (κ1) is 20.4. The molecule has 0 aliphatic rings. The third kappa shape index (κ3) is 3.92. The Balaban J connectivity index is 1.75. The van der Waals surface area contributed by atoms with Gasteiger partial charge in [0.2, 0.25) is 5.91 Å². The fourth-order valence-corrected chi connectivity index (χ4v) is 4.34. The SMILES string of the molecule is O=C(Cn1c(=O)n(Cc2ccccc2Cl)c(=O)c2sccc21)Nc1ccccc1Cl. The lowest BCUT2D eigenvalue weighted by Gasteiger charge is -2.13. The van der Waals surface area contributed by atoms with Gasteiger partial charge in [0.25, 0.3) is 5.56 Å². The van der Waals surface area contributed by atoms with Crippen LogP contribution in [0.3, 0.4) is 0 Å². The van der Waals surface area contributed by atoms with Crippen molar-refractivity contribution in [1.29, 1.82) is 0 Å². The standard InChI is InChI=1S/C21H15Cl2N3O3S/c22-14-6-2-1-5-13(14)11-26-20(28)19-17(9-10-30-19)25(21(26)29)12-18(27)24-16-8-4-3-7-15(16)23/h1-10H,11-12H2,(H,24,27). The number of hydrogen-bond donors (Lipinski definition) is 1. The van der Waals surface area contributed by atoms with Crippen molar-refractivity contribution in [2.45, 2.75) is 13.1 Å². The van der Waals surface area contributed by atoms with Crippen LogP contribution in [0.15, 0.2) is 69.6 Å². The number of para-hydroxylation sites is 1. The predicted molar refractivity (Wildman–Crippen MR) is 121 cm³/mol. The number of amides is 1. The lowest BCUT2D eigenvalue weighted by atomic mass is 10.2. The molecule has 2 aromatic heterocycles. The zero-order chi connectivity index (χ0) is 21.3. The number of thiophene rings is 1. The molecular formula is C21H15Cl2N3O3S. The summed E-state index contributed by atoms with van der Waals surface area (Å²) in [5.74, 6) is -0.430. The fourth-order valence-electron chi connectivity index (χ4n) is 3.12. The van der Waals surface area contributed by atoms with E-state index in [4.69, 9.17) is 23.2 Å². The molecule has 0 aliphatic heterocycles. The Kier molecular flexibility index (Phi) is 5.76. The van der Waals surface area contributed by atoms with Crippen molar-refractivity contribution in [3.8, 4) is 0 Å². The van der Waals surface area contributed by atoms with Crippen LogP contribution in [0.4, 0.5) is 5.69 Å². The summed E-state index contributed by atoms with van der Waals surface area (Å²) in [5.41, 5.74) is 0.511. The van der Waals surface area contributed by atoms with Crippen molar-refractivity contribution in [2.75, 3.05) is 5.32 Å². The number of anilines is 1. The Hall–Kier alpha value is -2.87. The average Bonchev–Trinajstić information content (AvgIpc) is 3.21. The van der Waals surface area contributed by atoms with Crippen LogP contribution >= 0.6 is 34.5 Å². The van der Waals surface area contributed by atoms with Gasteiger partial charge >= 0.3 is 5.69 Å². The normalized spacial score (nSPS) is 11.0. The van der Waals surface area contributed by atoms with Crippen molar-refractivity contribution in [3.63, 3.8) is 0 Å². The van der Waals surface area contributed by atoms with Gasteiger partial charge in [0.05, 0.1) is 22.8 Å². The molecule has 0 unspecified atom stereocenters. The quantitative estimate of drug-likeness (QED) is 0.485. The van der Waals surface area contributed by atoms with Crippen molar-refractivity contribution in [3.05, 3.63) is 96.4 Å². The molecule has 0 atom stereocenters. The molecule has 4 aromatic rings. The number of aromatic nitrogens is 2. The van der Waals surface area contributed by atoms with Gasteiger partial charge < -0.3 is 5.32 Å². The van der Waals surface area contributed by atoms with E-state index in [1.54, 1.807) is 60.0 Å². The molecule has 0 saturated heterocycles. The maximum atomic E-state index is 13.2. The molecule has 9 heteroatoms. The van der Waals surface area contributed by atoms with Crippen molar-refractivity contribution in [1.82, 2.24) is 9.13 Å². The summed E-state index contributed by atoms with van der Waals surface area (Å²) < 4.78 is 2.78. The van der Waals surface area contributed by atoms with E-state index in [2.05, 4.69) is 5.32 Å². The highest BCUT2D eigenvalue weighted by Gasteiger charge is 2.17. The highest BCUT2D eigenvalue weighted by Crippen LogP contribution is 2.21. The molecular weight excluding hydrogens is 445 g/mol. The number of carbonyl (C=O) groups is 1. The van der Waals surface area contributed by atoms with E-state index in [1.165, 1.54) is 15.9 Å². The van der Waals surface area contributed by atoms with Crippen molar-refractivity contribution < 1.29 is 4.79 Å². The Morgan fingerprint density at radius 2 is 1.63 bits per heavy atom. The van der Waals surface area contributed by atoms with Crippen LogP contribution in [-0.2, 0) is 17.9 Å². The van der Waals surface area contributed by atoms with Gasteiger partial charge in [0.15, 0.2) is 0 Å². The largest absolute Gasteiger partial charge is 0.332 e. The van der Waals surface area contributed by atoms with Crippen LogP contribution in [0.2, 0.25) is 10.0 Å². The van der Waals surface area contributed by atoms with Gasteiger partial charge in [0, 0.05) is 5.02 Å². The minimum atomic E-state index is -0.583. The van der Waals surface area contributed by atoms with Gasteiger partial charge in [-0.05, 0) is 35.2 Å². The van der Waals surface area contributed by atoms with E-state index in [-0.39, 0.29) is 13.1 Å². The van der Waals surface area contributed by atoms with Crippen molar-refractivity contribution >= 4 is 56.3 Å². The summed E-state index contributed by atoms with van der Waals surface area (Å²) in [5, 5.41) is 5.26. The second kappa shape index (κ2) is 8.47. The van der Waals surface area contributed by atoms with Gasteiger partial charge in [-0.15, -0.1) is 11.3 Å². The van der Waals surface area contributed by atoms with Gasteiger partial charge in [0.1, 0.15) is 11.2 Å². The number of fused-ring (bicyclic) bond motifs is 1. The molecule has 30 heavy (non-hydrogen) atoms. The van der Waals surface area contributed by atoms with Gasteiger partial charge in [-0.3, -0.25) is 18.7 Å². The summed E-state index contributed by atoms with van der Waals surface area (Å²) in [6.07, 6.45) is 0. The van der Waals surface area contributed by atoms with Crippen LogP contribution in [0.1, 0.15) is 5.56 Å². The number of rotatable bonds is 5. The Morgan fingerprint density at radius 1 is 0.933 bits per heavy atom. The van der Waals surface area contributed by atoms with E-state index < -0.39 is 17.2 Å². The van der Waals surface area contributed by atoms with E-state index in [0.717, 1.165) is 4.57 Å². The first-order chi connectivity index (χ1) is 14.5. The molecule has 0 saturated carbocycles. The monoisotopic (exact) mass is 459 g/mol. The molecule has 2 heterocycles. The number of carbonyl (C=O) groups excluding carboxylic acids is 1. The molecule has 6 nitrogen and oxygen atoms in total. The third-order valence-corrected chi connectivity index (χ3v) is 6.16. The summed E-state index contributed by atoms with van der Waals surface area (Å²) in [6.45, 7) is -0.253. The predicted octanol–water partition coefficient (Wildman–Crippen LogP) is 4.22. The fraction of sp³-hybridized carbons (Fsp3) is 0.0952. The lowest BCUT2D eigenvalue weighted by Crippen LogP contribution is -2.41. The second-order valence-corrected chi connectivity index (χ2v) is 8.24. The van der Waals surface area contributed by atoms with Crippen LogP contribution in [0, 0.1) is 0 Å². The van der Waals surface area contributed by atoms with Crippen LogP contribution in [0.5, 0.6) is 0 Å². The van der Waals surface area contributed by atoms with Crippen molar-refractivity contribution in [2.24, 2.45) is 0 Å². The van der Waals surface area contributed by atoms with E-state index in [0.29, 0.717) is 31.5 Å². The maximum Gasteiger partial charge on any atom is 0.332 e. The third-order valence-electron chi connectivity index (χ3n) is 4.57. The summed E-state index contributed by atoms with van der Waals surface area (Å²) in [7, 11) is 0. The molecule has 2 aromatic carbocycles. The molecule has 0 spiro atoms. The minimum absolute atomic E-state index is 0.0112. The highest BCUT2D eigenvalue weighted by atomic mass is 35.5. The maximum absolute atomic E-state index is 13.2. The lowest BCUT2D eigenvalue weighted by molar-refractivity contribution is -0.116. The summed E-state index contributed by atoms with van der Waals surface area (Å²) in [6, 6.07) is 15.5. The Morgan fingerprint density at radius 3 is 2.37 bits per heavy atom. The number of nitrogens with zero attached hydrogens (tertiary/aromatic N) is 2. The molecule has 1 amide bonds. The second-order valence-electron chi connectivity index (χ2n) is 6.51. The average molecular weight is 460 g/mol. The molecule has 152 valence electrons.